The SMILES string of the molecule is CCOCN1CCCCCC1. The van der Waals surface area contributed by atoms with Crippen LogP contribution < -0.4 is 0 Å². The molecule has 0 atom stereocenters. The summed E-state index contributed by atoms with van der Waals surface area (Å²) in [6, 6.07) is 0. The Morgan fingerprint density at radius 2 is 1.73 bits per heavy atom. The number of hydrogen-bond acceptors (Lipinski definition) is 2. The van der Waals surface area contributed by atoms with Crippen LogP contribution in [0.1, 0.15) is 32.6 Å². The Bertz CT molecular complexity index is 87.6. The minimum atomic E-state index is 0.844. The molecule has 1 heterocycles. The average Bonchev–Trinajstić information content (AvgIpc) is 2.28. The molecule has 1 aliphatic heterocycles. The first kappa shape index (κ1) is 9.01. The molecule has 0 saturated carbocycles. The van der Waals surface area contributed by atoms with E-state index in [1.54, 1.807) is 0 Å². The highest BCUT2D eigenvalue weighted by molar-refractivity contribution is 4.59. The summed E-state index contributed by atoms with van der Waals surface area (Å²) in [7, 11) is 0. The largest absolute Gasteiger partial charge is 0.366 e. The lowest BCUT2D eigenvalue weighted by molar-refractivity contribution is 0.0376. The molecule has 0 spiro atoms. The Hall–Kier alpha value is -0.0800. The fourth-order valence-electron chi connectivity index (χ4n) is 1.49. The van der Waals surface area contributed by atoms with Gasteiger partial charge in [-0.1, -0.05) is 12.8 Å². The molecule has 0 aliphatic carbocycles. The summed E-state index contributed by atoms with van der Waals surface area (Å²) in [4.78, 5) is 2.41. The van der Waals surface area contributed by atoms with Crippen molar-refractivity contribution in [1.82, 2.24) is 4.90 Å². The Morgan fingerprint density at radius 1 is 1.09 bits per heavy atom. The lowest BCUT2D eigenvalue weighted by Gasteiger charge is -2.18. The zero-order valence-electron chi connectivity index (χ0n) is 7.51. The number of ether oxygens (including phenoxy) is 1. The summed E-state index contributed by atoms with van der Waals surface area (Å²) in [6.45, 7) is 6.21. The van der Waals surface area contributed by atoms with Crippen LogP contribution in [-0.2, 0) is 4.74 Å². The van der Waals surface area contributed by atoms with Gasteiger partial charge < -0.3 is 4.74 Å². The summed E-state index contributed by atoms with van der Waals surface area (Å²) in [6.07, 6.45) is 5.52. The third-order valence-electron chi connectivity index (χ3n) is 2.18. The van der Waals surface area contributed by atoms with Crippen molar-refractivity contribution in [3.05, 3.63) is 0 Å². The van der Waals surface area contributed by atoms with Crippen molar-refractivity contribution < 1.29 is 4.74 Å². The lowest BCUT2D eigenvalue weighted by Crippen LogP contribution is -2.27. The second-order valence-corrected chi connectivity index (χ2v) is 3.15. The highest BCUT2D eigenvalue weighted by Crippen LogP contribution is 2.08. The van der Waals surface area contributed by atoms with Gasteiger partial charge in [0.25, 0.3) is 0 Å². The minimum absolute atomic E-state index is 0.844. The maximum Gasteiger partial charge on any atom is 0.0990 e. The molecule has 2 nitrogen and oxygen atoms in total. The standard InChI is InChI=1S/C9H19NO/c1-2-11-9-10-7-5-3-4-6-8-10/h2-9H2,1H3. The van der Waals surface area contributed by atoms with E-state index in [0.29, 0.717) is 0 Å². The molecule has 1 saturated heterocycles. The Morgan fingerprint density at radius 3 is 2.27 bits per heavy atom. The van der Waals surface area contributed by atoms with Crippen molar-refractivity contribution in [2.75, 3.05) is 26.4 Å². The van der Waals surface area contributed by atoms with Crippen molar-refractivity contribution in [1.29, 1.82) is 0 Å². The van der Waals surface area contributed by atoms with E-state index in [9.17, 15) is 0 Å². The maximum atomic E-state index is 5.35. The molecule has 66 valence electrons. The van der Waals surface area contributed by atoms with Gasteiger partial charge in [0.2, 0.25) is 0 Å². The van der Waals surface area contributed by atoms with E-state index in [-0.39, 0.29) is 0 Å². The molecule has 0 aromatic carbocycles. The van der Waals surface area contributed by atoms with Crippen molar-refractivity contribution in [2.24, 2.45) is 0 Å². The zero-order chi connectivity index (χ0) is 7.94. The van der Waals surface area contributed by atoms with Gasteiger partial charge in [0.1, 0.15) is 0 Å². The number of nitrogens with zero attached hydrogens (tertiary/aromatic N) is 1. The second-order valence-electron chi connectivity index (χ2n) is 3.15. The van der Waals surface area contributed by atoms with Crippen molar-refractivity contribution >= 4 is 0 Å². The van der Waals surface area contributed by atoms with Crippen molar-refractivity contribution in [2.45, 2.75) is 32.6 Å². The van der Waals surface area contributed by atoms with Gasteiger partial charge in [0.15, 0.2) is 0 Å². The van der Waals surface area contributed by atoms with Gasteiger partial charge in [0, 0.05) is 19.7 Å². The number of likely N-dealkylation sites (tertiary alicyclic amines) is 1. The summed E-state index contributed by atoms with van der Waals surface area (Å²) < 4.78 is 5.35. The number of rotatable bonds is 3. The van der Waals surface area contributed by atoms with Crippen LogP contribution in [0.2, 0.25) is 0 Å². The smallest absolute Gasteiger partial charge is 0.0990 e. The molecule has 1 rings (SSSR count). The van der Waals surface area contributed by atoms with Crippen molar-refractivity contribution in [3.8, 4) is 0 Å². The molecule has 1 aliphatic rings. The summed E-state index contributed by atoms with van der Waals surface area (Å²) in [5.74, 6) is 0. The van der Waals surface area contributed by atoms with E-state index in [1.807, 2.05) is 0 Å². The molecule has 0 aromatic heterocycles. The van der Waals surface area contributed by atoms with Crippen LogP contribution in [-0.4, -0.2) is 31.3 Å². The fraction of sp³-hybridized carbons (Fsp3) is 1.00. The predicted molar refractivity (Wildman–Crippen MR) is 46.5 cm³/mol. The lowest BCUT2D eigenvalue weighted by atomic mass is 10.2. The minimum Gasteiger partial charge on any atom is -0.366 e. The summed E-state index contributed by atoms with van der Waals surface area (Å²) in [5, 5.41) is 0. The Kier molecular flexibility index (Phi) is 4.55. The van der Waals surface area contributed by atoms with Crippen LogP contribution in [0.3, 0.4) is 0 Å². The molecule has 0 aromatic rings. The molecule has 1 fully saturated rings. The van der Waals surface area contributed by atoms with Gasteiger partial charge in [-0.25, -0.2) is 0 Å². The van der Waals surface area contributed by atoms with Crippen LogP contribution in [0.5, 0.6) is 0 Å². The summed E-state index contributed by atoms with van der Waals surface area (Å²) in [5.41, 5.74) is 0. The second kappa shape index (κ2) is 5.56. The molecule has 0 N–H and O–H groups in total. The van der Waals surface area contributed by atoms with E-state index in [2.05, 4.69) is 11.8 Å². The quantitative estimate of drug-likeness (QED) is 0.620. The predicted octanol–water partition coefficient (Wildman–Crippen LogP) is 1.86. The van der Waals surface area contributed by atoms with E-state index >= 15 is 0 Å². The van der Waals surface area contributed by atoms with Gasteiger partial charge in [0.05, 0.1) is 6.73 Å². The van der Waals surface area contributed by atoms with Gasteiger partial charge in [-0.15, -0.1) is 0 Å². The van der Waals surface area contributed by atoms with Crippen LogP contribution in [0.15, 0.2) is 0 Å². The molecule has 2 heteroatoms. The highest BCUT2D eigenvalue weighted by Gasteiger charge is 2.07. The topological polar surface area (TPSA) is 12.5 Å². The molecule has 0 radical (unpaired) electrons. The third-order valence-corrected chi connectivity index (χ3v) is 2.18. The van der Waals surface area contributed by atoms with Crippen LogP contribution in [0.25, 0.3) is 0 Å². The highest BCUT2D eigenvalue weighted by atomic mass is 16.5. The molecule has 0 amide bonds. The third kappa shape index (κ3) is 3.73. The molecule has 0 unspecified atom stereocenters. The maximum absolute atomic E-state index is 5.35. The zero-order valence-corrected chi connectivity index (χ0v) is 7.51. The monoisotopic (exact) mass is 157 g/mol. The number of hydrogen-bond donors (Lipinski definition) is 0. The van der Waals surface area contributed by atoms with Gasteiger partial charge in [-0.3, -0.25) is 4.90 Å². The van der Waals surface area contributed by atoms with Crippen LogP contribution in [0.4, 0.5) is 0 Å². The van der Waals surface area contributed by atoms with Gasteiger partial charge >= 0.3 is 0 Å². The molecular weight excluding hydrogens is 138 g/mol. The van der Waals surface area contributed by atoms with Gasteiger partial charge in [-0.05, 0) is 19.8 Å². The molecule has 0 bridgehead atoms. The first-order valence-corrected chi connectivity index (χ1v) is 4.73. The van der Waals surface area contributed by atoms with E-state index in [1.165, 1.54) is 38.8 Å². The van der Waals surface area contributed by atoms with Crippen LogP contribution in [0, 0.1) is 0 Å². The van der Waals surface area contributed by atoms with Crippen LogP contribution >= 0.6 is 0 Å². The van der Waals surface area contributed by atoms with E-state index < -0.39 is 0 Å². The molecular formula is C9H19NO. The first-order valence-electron chi connectivity index (χ1n) is 4.73. The van der Waals surface area contributed by atoms with E-state index in [0.717, 1.165) is 13.3 Å². The Balaban J connectivity index is 2.09. The van der Waals surface area contributed by atoms with Gasteiger partial charge in [-0.2, -0.15) is 0 Å². The fourth-order valence-corrected chi connectivity index (χ4v) is 1.49. The Labute approximate surface area is 69.5 Å². The van der Waals surface area contributed by atoms with E-state index in [4.69, 9.17) is 4.74 Å². The normalized spacial score (nSPS) is 21.5. The van der Waals surface area contributed by atoms with Crippen molar-refractivity contribution in [3.63, 3.8) is 0 Å². The molecule has 11 heavy (non-hydrogen) atoms. The first-order chi connectivity index (χ1) is 5.43. The average molecular weight is 157 g/mol. The summed E-state index contributed by atoms with van der Waals surface area (Å²) >= 11 is 0.